The van der Waals surface area contributed by atoms with Crippen LogP contribution in [0, 0.1) is 0 Å². The van der Waals surface area contributed by atoms with Gasteiger partial charge in [-0.05, 0) is 6.07 Å². The molecule has 0 fully saturated rings. The van der Waals surface area contributed by atoms with E-state index < -0.39 is 18.2 Å². The van der Waals surface area contributed by atoms with Crippen LogP contribution in [0.5, 0.6) is 0 Å². The molecule has 0 aliphatic rings. The van der Waals surface area contributed by atoms with Crippen molar-refractivity contribution in [2.24, 2.45) is 0 Å². The fourth-order valence-electron chi connectivity index (χ4n) is 1.20. The summed E-state index contributed by atoms with van der Waals surface area (Å²) in [6.07, 6.45) is -4.10. The average molecular weight is 234 g/mol. The molecule has 0 amide bonds. The Morgan fingerprint density at radius 1 is 1.47 bits per heavy atom. The number of hydrogen-bond donors (Lipinski definition) is 1. The lowest BCUT2D eigenvalue weighted by Gasteiger charge is -2.01. The normalized spacial score (nSPS) is 12.2. The first-order valence-electron chi connectivity index (χ1n) is 3.98. The molecular weight excluding hydrogens is 229 g/mol. The average Bonchev–Trinajstić information content (AvgIpc) is 2.45. The summed E-state index contributed by atoms with van der Waals surface area (Å²) < 4.78 is 36.2. The molecule has 0 aliphatic heterocycles. The van der Waals surface area contributed by atoms with Gasteiger partial charge in [0, 0.05) is 4.88 Å². The minimum Gasteiger partial charge on any atom is -0.313 e. The van der Waals surface area contributed by atoms with Crippen molar-refractivity contribution in [3.63, 3.8) is 0 Å². The van der Waals surface area contributed by atoms with Gasteiger partial charge in [-0.15, -0.1) is 11.3 Å². The van der Waals surface area contributed by atoms with Gasteiger partial charge in [0.2, 0.25) is 0 Å². The van der Waals surface area contributed by atoms with Crippen LogP contribution < -0.4 is 5.56 Å². The monoisotopic (exact) mass is 234 g/mol. The molecule has 2 aromatic heterocycles. The largest absolute Gasteiger partial charge is 0.393 e. The molecule has 7 heteroatoms. The maximum Gasteiger partial charge on any atom is 0.393 e. The summed E-state index contributed by atoms with van der Waals surface area (Å²) in [6, 6.07) is 1.24. The van der Waals surface area contributed by atoms with Gasteiger partial charge in [-0.1, -0.05) is 0 Å². The van der Waals surface area contributed by atoms with E-state index in [-0.39, 0.29) is 10.3 Å². The lowest BCUT2D eigenvalue weighted by molar-refractivity contribution is -0.126. The third-order valence-electron chi connectivity index (χ3n) is 1.76. The Morgan fingerprint density at radius 2 is 2.20 bits per heavy atom. The number of H-pyrrole nitrogens is 1. The number of rotatable bonds is 1. The van der Waals surface area contributed by atoms with Crippen LogP contribution in [-0.2, 0) is 6.42 Å². The zero-order chi connectivity index (χ0) is 11.1. The summed E-state index contributed by atoms with van der Waals surface area (Å²) in [6.45, 7) is 0. The molecule has 0 unspecified atom stereocenters. The molecule has 0 spiro atoms. The molecule has 2 aromatic rings. The Balaban J connectivity index is 2.48. The van der Waals surface area contributed by atoms with Gasteiger partial charge in [0.25, 0.3) is 5.56 Å². The predicted octanol–water partition coefficient (Wildman–Crippen LogP) is 2.09. The Kier molecular flexibility index (Phi) is 2.26. The van der Waals surface area contributed by atoms with Crippen molar-refractivity contribution in [2.75, 3.05) is 0 Å². The van der Waals surface area contributed by atoms with E-state index in [1.165, 1.54) is 12.4 Å². The highest BCUT2D eigenvalue weighted by Crippen LogP contribution is 2.27. The highest BCUT2D eigenvalue weighted by molar-refractivity contribution is 7.18. The number of nitrogens with zero attached hydrogens (tertiary/aromatic N) is 1. The number of nitrogens with one attached hydrogen (secondary N) is 1. The molecular formula is C8H5F3N2OS. The summed E-state index contributed by atoms with van der Waals surface area (Å²) >= 11 is 0.887. The zero-order valence-corrected chi connectivity index (χ0v) is 8.08. The number of hydrogen-bond acceptors (Lipinski definition) is 3. The minimum atomic E-state index is -4.26. The van der Waals surface area contributed by atoms with Crippen LogP contribution in [0.2, 0.25) is 0 Å². The number of halogens is 3. The van der Waals surface area contributed by atoms with Crippen molar-refractivity contribution >= 4 is 21.6 Å². The molecule has 80 valence electrons. The standard InChI is InChI=1S/C8H5F3N2OS/c9-8(10,11)2-4-1-5-6(14)12-3-13-7(5)15-4/h1,3H,2H2,(H,12,13,14). The molecule has 2 rings (SSSR count). The molecule has 0 radical (unpaired) electrons. The maximum absolute atomic E-state index is 12.1. The summed E-state index contributed by atoms with van der Waals surface area (Å²) in [5.74, 6) is 0. The van der Waals surface area contributed by atoms with E-state index in [1.54, 1.807) is 0 Å². The van der Waals surface area contributed by atoms with Gasteiger partial charge in [-0.2, -0.15) is 13.2 Å². The molecule has 0 atom stereocenters. The molecule has 3 nitrogen and oxygen atoms in total. The van der Waals surface area contributed by atoms with Crippen LogP contribution in [-0.4, -0.2) is 16.1 Å². The van der Waals surface area contributed by atoms with Gasteiger partial charge in [-0.3, -0.25) is 4.79 Å². The predicted molar refractivity (Wildman–Crippen MR) is 50.0 cm³/mol. The highest BCUT2D eigenvalue weighted by Gasteiger charge is 2.28. The molecule has 1 N–H and O–H groups in total. The van der Waals surface area contributed by atoms with E-state index >= 15 is 0 Å². The van der Waals surface area contributed by atoms with Crippen LogP contribution in [0.4, 0.5) is 13.2 Å². The van der Waals surface area contributed by atoms with Crippen LogP contribution in [0.1, 0.15) is 4.88 Å². The third-order valence-corrected chi connectivity index (χ3v) is 2.80. The van der Waals surface area contributed by atoms with Crippen LogP contribution >= 0.6 is 11.3 Å². The maximum atomic E-state index is 12.1. The number of aromatic amines is 1. The Labute approximate surface area is 85.6 Å². The van der Waals surface area contributed by atoms with Crippen molar-refractivity contribution in [1.29, 1.82) is 0 Å². The Hall–Kier alpha value is -1.37. The number of aromatic nitrogens is 2. The molecule has 15 heavy (non-hydrogen) atoms. The van der Waals surface area contributed by atoms with E-state index in [2.05, 4.69) is 9.97 Å². The van der Waals surface area contributed by atoms with E-state index in [9.17, 15) is 18.0 Å². The summed E-state index contributed by atoms with van der Waals surface area (Å²) in [7, 11) is 0. The summed E-state index contributed by atoms with van der Waals surface area (Å²) in [5, 5.41) is 0.210. The van der Waals surface area contributed by atoms with Crippen LogP contribution in [0.25, 0.3) is 10.2 Å². The number of fused-ring (bicyclic) bond motifs is 1. The topological polar surface area (TPSA) is 45.8 Å². The van der Waals surface area contributed by atoms with Crippen molar-refractivity contribution in [2.45, 2.75) is 12.6 Å². The minimum absolute atomic E-state index is 0.0988. The van der Waals surface area contributed by atoms with Gasteiger partial charge in [-0.25, -0.2) is 4.98 Å². The zero-order valence-electron chi connectivity index (χ0n) is 7.26. The summed E-state index contributed by atoms with van der Waals surface area (Å²) in [4.78, 5) is 17.7. The SMILES string of the molecule is O=c1[nH]cnc2sc(CC(F)(F)F)cc12. The van der Waals surface area contributed by atoms with Crippen molar-refractivity contribution in [3.05, 3.63) is 27.6 Å². The third kappa shape index (κ3) is 2.17. The lowest BCUT2D eigenvalue weighted by atomic mass is 10.3. The van der Waals surface area contributed by atoms with Crippen LogP contribution in [0.3, 0.4) is 0 Å². The first-order chi connectivity index (χ1) is 6.96. The highest BCUT2D eigenvalue weighted by atomic mass is 32.1. The molecule has 0 bridgehead atoms. The summed E-state index contributed by atoms with van der Waals surface area (Å²) in [5.41, 5.74) is -0.412. The van der Waals surface area contributed by atoms with Crippen molar-refractivity contribution in [3.8, 4) is 0 Å². The van der Waals surface area contributed by atoms with E-state index in [4.69, 9.17) is 0 Å². The van der Waals surface area contributed by atoms with Crippen LogP contribution in [0.15, 0.2) is 17.2 Å². The van der Waals surface area contributed by atoms with E-state index in [0.29, 0.717) is 4.83 Å². The first kappa shape index (κ1) is 10.2. The molecule has 0 saturated heterocycles. The molecule has 0 aromatic carbocycles. The second-order valence-corrected chi connectivity index (χ2v) is 4.07. The molecule has 2 heterocycles. The quantitative estimate of drug-likeness (QED) is 0.821. The van der Waals surface area contributed by atoms with Gasteiger partial charge in [0.05, 0.1) is 18.1 Å². The number of thiophene rings is 1. The van der Waals surface area contributed by atoms with Gasteiger partial charge >= 0.3 is 6.18 Å². The lowest BCUT2D eigenvalue weighted by Crippen LogP contribution is -2.10. The second kappa shape index (κ2) is 3.34. The van der Waals surface area contributed by atoms with E-state index in [0.717, 1.165) is 11.3 Å². The van der Waals surface area contributed by atoms with Gasteiger partial charge in [0.15, 0.2) is 0 Å². The fraction of sp³-hybridized carbons (Fsp3) is 0.250. The van der Waals surface area contributed by atoms with Gasteiger partial charge in [0.1, 0.15) is 4.83 Å². The fourth-order valence-corrected chi connectivity index (χ4v) is 2.23. The van der Waals surface area contributed by atoms with Gasteiger partial charge < -0.3 is 4.98 Å². The smallest absolute Gasteiger partial charge is 0.313 e. The van der Waals surface area contributed by atoms with E-state index in [1.807, 2.05) is 0 Å². The Morgan fingerprint density at radius 3 is 2.80 bits per heavy atom. The molecule has 0 saturated carbocycles. The molecule has 0 aliphatic carbocycles. The Bertz CT molecular complexity index is 543. The second-order valence-electron chi connectivity index (χ2n) is 2.96. The van der Waals surface area contributed by atoms with Crippen molar-refractivity contribution < 1.29 is 13.2 Å². The number of alkyl halides is 3. The first-order valence-corrected chi connectivity index (χ1v) is 4.80. The van der Waals surface area contributed by atoms with Crippen molar-refractivity contribution in [1.82, 2.24) is 9.97 Å².